The monoisotopic (exact) mass is 223 g/mol. The van der Waals surface area contributed by atoms with E-state index in [1.807, 2.05) is 34.0 Å². The summed E-state index contributed by atoms with van der Waals surface area (Å²) in [6.07, 6.45) is 2.74. The highest BCUT2D eigenvalue weighted by atomic mass is 16.5. The Balaban J connectivity index is 2.81. The summed E-state index contributed by atoms with van der Waals surface area (Å²) in [6.45, 7) is 8.91. The molecule has 1 aromatic heterocycles. The van der Waals surface area contributed by atoms with Gasteiger partial charge in [0.1, 0.15) is 5.60 Å². The molecule has 0 aliphatic heterocycles. The summed E-state index contributed by atoms with van der Waals surface area (Å²) >= 11 is 0. The SMILES string of the molecule is CCC(C)(C)Oc1ncc(CNC)c(C)n1. The fourth-order valence-electron chi connectivity index (χ4n) is 1.20. The van der Waals surface area contributed by atoms with Gasteiger partial charge in [-0.25, -0.2) is 9.97 Å². The minimum Gasteiger partial charge on any atom is -0.457 e. The van der Waals surface area contributed by atoms with Gasteiger partial charge in [-0.1, -0.05) is 6.92 Å². The topological polar surface area (TPSA) is 47.0 Å². The molecular formula is C12H21N3O. The van der Waals surface area contributed by atoms with Gasteiger partial charge in [0.25, 0.3) is 0 Å². The molecule has 0 aliphatic carbocycles. The van der Waals surface area contributed by atoms with E-state index < -0.39 is 0 Å². The van der Waals surface area contributed by atoms with Crippen molar-refractivity contribution in [3.63, 3.8) is 0 Å². The Morgan fingerprint density at radius 1 is 1.44 bits per heavy atom. The first-order valence-corrected chi connectivity index (χ1v) is 5.64. The van der Waals surface area contributed by atoms with Crippen molar-refractivity contribution in [2.75, 3.05) is 7.05 Å². The van der Waals surface area contributed by atoms with Gasteiger partial charge in [-0.2, -0.15) is 0 Å². The Kier molecular flexibility index (Phi) is 4.24. The second-order valence-corrected chi connectivity index (χ2v) is 4.51. The van der Waals surface area contributed by atoms with Gasteiger partial charge in [-0.15, -0.1) is 0 Å². The first-order valence-electron chi connectivity index (χ1n) is 5.64. The van der Waals surface area contributed by atoms with Crippen LogP contribution < -0.4 is 10.1 Å². The minimum atomic E-state index is -0.211. The molecule has 0 saturated heterocycles. The summed E-state index contributed by atoms with van der Waals surface area (Å²) in [5.74, 6) is 0. The summed E-state index contributed by atoms with van der Waals surface area (Å²) < 4.78 is 5.72. The predicted octanol–water partition coefficient (Wildman–Crippen LogP) is 2.07. The van der Waals surface area contributed by atoms with Crippen LogP contribution in [0.15, 0.2) is 6.20 Å². The van der Waals surface area contributed by atoms with Crippen LogP contribution >= 0.6 is 0 Å². The second-order valence-electron chi connectivity index (χ2n) is 4.51. The van der Waals surface area contributed by atoms with Crippen LogP contribution in [0.25, 0.3) is 0 Å². The lowest BCUT2D eigenvalue weighted by Gasteiger charge is -2.23. The van der Waals surface area contributed by atoms with Gasteiger partial charge < -0.3 is 10.1 Å². The molecule has 1 aromatic rings. The van der Waals surface area contributed by atoms with Crippen LogP contribution in [0.2, 0.25) is 0 Å². The number of aryl methyl sites for hydroxylation is 1. The van der Waals surface area contributed by atoms with Crippen LogP contribution in [0.1, 0.15) is 38.4 Å². The first-order chi connectivity index (χ1) is 7.48. The second kappa shape index (κ2) is 5.25. The molecule has 0 bridgehead atoms. The van der Waals surface area contributed by atoms with Gasteiger partial charge in [0.05, 0.1) is 0 Å². The molecule has 4 nitrogen and oxygen atoms in total. The van der Waals surface area contributed by atoms with E-state index in [1.54, 1.807) is 0 Å². The molecule has 0 atom stereocenters. The summed E-state index contributed by atoms with van der Waals surface area (Å²) in [5.41, 5.74) is 1.85. The number of rotatable bonds is 5. The number of hydrogen-bond donors (Lipinski definition) is 1. The maximum atomic E-state index is 5.72. The van der Waals surface area contributed by atoms with Crippen LogP contribution in [0.4, 0.5) is 0 Å². The van der Waals surface area contributed by atoms with Crippen molar-refractivity contribution in [2.45, 2.75) is 46.3 Å². The lowest BCUT2D eigenvalue weighted by atomic mass is 10.1. The van der Waals surface area contributed by atoms with Crippen molar-refractivity contribution in [1.82, 2.24) is 15.3 Å². The third kappa shape index (κ3) is 3.45. The van der Waals surface area contributed by atoms with Gasteiger partial charge in [0.2, 0.25) is 0 Å². The molecule has 0 saturated carbocycles. The van der Waals surface area contributed by atoms with E-state index in [0.29, 0.717) is 6.01 Å². The molecule has 1 N–H and O–H groups in total. The fraction of sp³-hybridized carbons (Fsp3) is 0.667. The smallest absolute Gasteiger partial charge is 0.317 e. The highest BCUT2D eigenvalue weighted by Gasteiger charge is 2.18. The molecule has 16 heavy (non-hydrogen) atoms. The molecule has 90 valence electrons. The Labute approximate surface area is 97.5 Å². The molecule has 4 heteroatoms. The minimum absolute atomic E-state index is 0.211. The lowest BCUT2D eigenvalue weighted by molar-refractivity contribution is 0.0921. The Morgan fingerprint density at radius 2 is 2.12 bits per heavy atom. The van der Waals surface area contributed by atoms with E-state index in [9.17, 15) is 0 Å². The lowest BCUT2D eigenvalue weighted by Crippen LogP contribution is -2.28. The van der Waals surface area contributed by atoms with Crippen molar-refractivity contribution in [1.29, 1.82) is 0 Å². The number of ether oxygens (including phenoxy) is 1. The van der Waals surface area contributed by atoms with E-state index in [0.717, 1.165) is 24.2 Å². The van der Waals surface area contributed by atoms with Gasteiger partial charge in [-0.3, -0.25) is 0 Å². The Bertz CT molecular complexity index is 350. The van der Waals surface area contributed by atoms with Crippen LogP contribution in [0, 0.1) is 6.92 Å². The zero-order chi connectivity index (χ0) is 12.2. The Morgan fingerprint density at radius 3 is 2.62 bits per heavy atom. The number of hydrogen-bond acceptors (Lipinski definition) is 4. The average molecular weight is 223 g/mol. The van der Waals surface area contributed by atoms with E-state index in [4.69, 9.17) is 4.74 Å². The quantitative estimate of drug-likeness (QED) is 0.830. The molecule has 0 aliphatic rings. The van der Waals surface area contributed by atoms with Crippen LogP contribution in [0.5, 0.6) is 6.01 Å². The average Bonchev–Trinajstić information content (AvgIpc) is 2.22. The number of nitrogens with zero attached hydrogens (tertiary/aromatic N) is 2. The van der Waals surface area contributed by atoms with Crippen LogP contribution in [0.3, 0.4) is 0 Å². The van der Waals surface area contributed by atoms with E-state index in [2.05, 4.69) is 22.2 Å². The fourth-order valence-corrected chi connectivity index (χ4v) is 1.20. The molecule has 0 unspecified atom stereocenters. The molecule has 0 aromatic carbocycles. The number of nitrogens with one attached hydrogen (secondary N) is 1. The maximum Gasteiger partial charge on any atom is 0.317 e. The standard InChI is InChI=1S/C12H21N3O/c1-6-12(3,4)16-11-14-8-10(7-13-5)9(2)15-11/h8,13H,6-7H2,1-5H3. The highest BCUT2D eigenvalue weighted by Crippen LogP contribution is 2.17. The van der Waals surface area contributed by atoms with Crippen molar-refractivity contribution in [3.05, 3.63) is 17.5 Å². The first kappa shape index (κ1) is 12.9. The molecule has 0 amide bonds. The molecular weight excluding hydrogens is 202 g/mol. The van der Waals surface area contributed by atoms with Gasteiger partial charge in [0, 0.05) is 24.0 Å². The summed E-state index contributed by atoms with van der Waals surface area (Å²) in [5, 5.41) is 3.08. The largest absolute Gasteiger partial charge is 0.457 e. The van der Waals surface area contributed by atoms with Crippen molar-refractivity contribution in [3.8, 4) is 6.01 Å². The van der Waals surface area contributed by atoms with E-state index in [1.165, 1.54) is 0 Å². The van der Waals surface area contributed by atoms with Crippen LogP contribution in [-0.2, 0) is 6.54 Å². The normalized spacial score (nSPS) is 11.6. The van der Waals surface area contributed by atoms with Gasteiger partial charge in [0.15, 0.2) is 0 Å². The van der Waals surface area contributed by atoms with E-state index in [-0.39, 0.29) is 5.60 Å². The van der Waals surface area contributed by atoms with Crippen LogP contribution in [-0.4, -0.2) is 22.6 Å². The summed E-state index contributed by atoms with van der Waals surface area (Å²) in [7, 11) is 1.91. The van der Waals surface area contributed by atoms with Crippen molar-refractivity contribution >= 4 is 0 Å². The maximum absolute atomic E-state index is 5.72. The third-order valence-electron chi connectivity index (χ3n) is 2.65. The molecule has 0 radical (unpaired) electrons. The zero-order valence-corrected chi connectivity index (χ0v) is 10.8. The number of aromatic nitrogens is 2. The predicted molar refractivity (Wildman–Crippen MR) is 64.5 cm³/mol. The zero-order valence-electron chi connectivity index (χ0n) is 10.8. The molecule has 1 rings (SSSR count). The van der Waals surface area contributed by atoms with Gasteiger partial charge >= 0.3 is 6.01 Å². The third-order valence-corrected chi connectivity index (χ3v) is 2.65. The van der Waals surface area contributed by atoms with Gasteiger partial charge in [-0.05, 0) is 34.2 Å². The van der Waals surface area contributed by atoms with Crippen molar-refractivity contribution < 1.29 is 4.74 Å². The summed E-state index contributed by atoms with van der Waals surface area (Å²) in [4.78, 5) is 8.57. The molecule has 0 fully saturated rings. The van der Waals surface area contributed by atoms with Crippen molar-refractivity contribution in [2.24, 2.45) is 0 Å². The summed E-state index contributed by atoms with van der Waals surface area (Å²) in [6, 6.07) is 0.462. The van der Waals surface area contributed by atoms with E-state index >= 15 is 0 Å². The molecule has 1 heterocycles. The molecule has 0 spiro atoms. The highest BCUT2D eigenvalue weighted by molar-refractivity contribution is 5.17. The Hall–Kier alpha value is -1.16.